The lowest BCUT2D eigenvalue weighted by Gasteiger charge is -2.57. The first-order valence-corrected chi connectivity index (χ1v) is 11.1. The zero-order valence-corrected chi connectivity index (χ0v) is 16.9. The summed E-state index contributed by atoms with van der Waals surface area (Å²) in [5.74, 6) is 5.77. The number of rotatable bonds is 2. The summed E-state index contributed by atoms with van der Waals surface area (Å²) in [7, 11) is 0. The van der Waals surface area contributed by atoms with Gasteiger partial charge in [0, 0.05) is 0 Å². The van der Waals surface area contributed by atoms with Crippen molar-refractivity contribution in [2.24, 2.45) is 46.3 Å². The van der Waals surface area contributed by atoms with E-state index in [0.29, 0.717) is 10.8 Å². The van der Waals surface area contributed by atoms with E-state index in [-0.39, 0.29) is 0 Å². The minimum absolute atomic E-state index is 0.561. The van der Waals surface area contributed by atoms with Gasteiger partial charge in [-0.2, -0.15) is 0 Å². The molecule has 0 saturated heterocycles. The first kappa shape index (κ1) is 17.2. The molecule has 0 heteroatoms. The van der Waals surface area contributed by atoms with Crippen LogP contribution in [0.15, 0.2) is 11.6 Å². The standard InChI is InChI=1S/C24H40/c1-6-17(3)20-9-10-21-19-8-7-18-15-16(2)11-13-23(18,4)22(19)12-14-24(20,21)5/h12,16-21H,6-11,13-15H2,1-5H3/t16-,17-,18?,19?,20?,21?,23?,24?/m1/s1. The molecule has 0 aromatic rings. The molecule has 6 unspecified atom stereocenters. The highest BCUT2D eigenvalue weighted by Gasteiger charge is 2.57. The Labute approximate surface area is 150 Å². The average Bonchev–Trinajstić information content (AvgIpc) is 2.92. The van der Waals surface area contributed by atoms with Gasteiger partial charge in [-0.05, 0) is 97.7 Å². The smallest absolute Gasteiger partial charge is 0.00851 e. The Morgan fingerprint density at radius 3 is 2.67 bits per heavy atom. The Morgan fingerprint density at radius 1 is 1.12 bits per heavy atom. The summed E-state index contributed by atoms with van der Waals surface area (Å²) in [6.45, 7) is 12.8. The monoisotopic (exact) mass is 328 g/mol. The number of hydrogen-bond acceptors (Lipinski definition) is 0. The third-order valence-corrected chi connectivity index (χ3v) is 9.69. The van der Waals surface area contributed by atoms with Crippen molar-refractivity contribution in [3.8, 4) is 0 Å². The highest BCUT2D eigenvalue weighted by molar-refractivity contribution is 5.28. The fraction of sp³-hybridized carbons (Fsp3) is 0.917. The first-order chi connectivity index (χ1) is 11.4. The predicted molar refractivity (Wildman–Crippen MR) is 104 cm³/mol. The van der Waals surface area contributed by atoms with E-state index in [4.69, 9.17) is 0 Å². The topological polar surface area (TPSA) is 0 Å². The molecule has 0 amide bonds. The van der Waals surface area contributed by atoms with Crippen LogP contribution >= 0.6 is 0 Å². The van der Waals surface area contributed by atoms with E-state index in [9.17, 15) is 0 Å². The van der Waals surface area contributed by atoms with Crippen LogP contribution in [0.5, 0.6) is 0 Å². The number of allylic oxidation sites excluding steroid dienone is 2. The molecule has 0 spiro atoms. The van der Waals surface area contributed by atoms with Gasteiger partial charge in [0.05, 0.1) is 0 Å². The van der Waals surface area contributed by atoms with E-state index >= 15 is 0 Å². The van der Waals surface area contributed by atoms with Gasteiger partial charge in [0.15, 0.2) is 0 Å². The van der Waals surface area contributed by atoms with E-state index in [1.54, 1.807) is 0 Å². The zero-order chi connectivity index (χ0) is 17.1. The summed E-state index contributed by atoms with van der Waals surface area (Å²) >= 11 is 0. The number of hydrogen-bond donors (Lipinski definition) is 0. The van der Waals surface area contributed by atoms with Crippen molar-refractivity contribution in [1.82, 2.24) is 0 Å². The van der Waals surface area contributed by atoms with Crippen LogP contribution in [0.4, 0.5) is 0 Å². The summed E-state index contributed by atoms with van der Waals surface area (Å²) in [5.41, 5.74) is 3.11. The van der Waals surface area contributed by atoms with Gasteiger partial charge in [-0.3, -0.25) is 0 Å². The van der Waals surface area contributed by atoms with Gasteiger partial charge in [0.1, 0.15) is 0 Å². The predicted octanol–water partition coefficient (Wildman–Crippen LogP) is 7.25. The van der Waals surface area contributed by atoms with Crippen molar-refractivity contribution >= 4 is 0 Å². The van der Waals surface area contributed by atoms with Gasteiger partial charge >= 0.3 is 0 Å². The minimum atomic E-state index is 0.561. The van der Waals surface area contributed by atoms with Crippen LogP contribution in [0.3, 0.4) is 0 Å². The SMILES string of the molecule is CC[C@@H](C)C1CCC2C3CCC4C[C@H](C)CCC4(C)C3=CCC21C. The number of fused-ring (bicyclic) bond motifs is 5. The van der Waals surface area contributed by atoms with Gasteiger partial charge in [-0.25, -0.2) is 0 Å². The van der Waals surface area contributed by atoms with E-state index in [1.807, 2.05) is 5.57 Å². The molecule has 0 bridgehead atoms. The van der Waals surface area contributed by atoms with Gasteiger partial charge in [-0.15, -0.1) is 0 Å². The molecule has 0 aromatic carbocycles. The van der Waals surface area contributed by atoms with Crippen LogP contribution in [0.25, 0.3) is 0 Å². The Kier molecular flexibility index (Phi) is 4.21. The lowest BCUT2D eigenvalue weighted by molar-refractivity contribution is 0.0110. The van der Waals surface area contributed by atoms with Gasteiger partial charge in [0.25, 0.3) is 0 Å². The Bertz CT molecular complexity index is 516. The zero-order valence-electron chi connectivity index (χ0n) is 16.9. The third-order valence-electron chi connectivity index (χ3n) is 9.69. The molecule has 0 radical (unpaired) electrons. The summed E-state index contributed by atoms with van der Waals surface area (Å²) in [6, 6.07) is 0. The molecular formula is C24H40. The molecule has 0 aromatic heterocycles. The lowest BCUT2D eigenvalue weighted by atomic mass is 9.48. The molecule has 4 aliphatic carbocycles. The van der Waals surface area contributed by atoms with E-state index in [1.165, 1.54) is 57.8 Å². The van der Waals surface area contributed by atoms with Crippen LogP contribution in [0, 0.1) is 46.3 Å². The summed E-state index contributed by atoms with van der Waals surface area (Å²) in [6.07, 6.45) is 16.0. The normalized spacial score (nSPS) is 52.0. The Balaban J connectivity index is 1.65. The fourth-order valence-electron chi connectivity index (χ4n) is 8.00. The highest BCUT2D eigenvalue weighted by atomic mass is 14.6. The molecule has 8 atom stereocenters. The first-order valence-electron chi connectivity index (χ1n) is 11.1. The van der Waals surface area contributed by atoms with E-state index in [0.717, 1.165) is 35.5 Å². The molecule has 3 saturated carbocycles. The molecule has 3 fully saturated rings. The largest absolute Gasteiger partial charge is 0.0839 e. The van der Waals surface area contributed by atoms with Crippen LogP contribution in [-0.4, -0.2) is 0 Å². The molecule has 24 heavy (non-hydrogen) atoms. The van der Waals surface area contributed by atoms with Crippen molar-refractivity contribution < 1.29 is 0 Å². The Morgan fingerprint density at radius 2 is 1.92 bits per heavy atom. The van der Waals surface area contributed by atoms with Crippen LogP contribution in [-0.2, 0) is 0 Å². The molecule has 4 rings (SSSR count). The summed E-state index contributed by atoms with van der Waals surface area (Å²) in [4.78, 5) is 0. The second kappa shape index (κ2) is 5.88. The quantitative estimate of drug-likeness (QED) is 0.468. The van der Waals surface area contributed by atoms with Crippen LogP contribution in [0.1, 0.15) is 92.4 Å². The van der Waals surface area contributed by atoms with E-state index in [2.05, 4.69) is 40.7 Å². The van der Waals surface area contributed by atoms with Crippen molar-refractivity contribution in [2.75, 3.05) is 0 Å². The molecule has 0 heterocycles. The second-order valence-electron chi connectivity index (χ2n) is 10.7. The highest BCUT2D eigenvalue weighted by Crippen LogP contribution is 2.66. The third kappa shape index (κ3) is 2.30. The fourth-order valence-corrected chi connectivity index (χ4v) is 8.00. The van der Waals surface area contributed by atoms with Crippen molar-refractivity contribution in [3.63, 3.8) is 0 Å². The maximum atomic E-state index is 2.80. The average molecular weight is 329 g/mol. The summed E-state index contributed by atoms with van der Waals surface area (Å²) < 4.78 is 0. The Hall–Kier alpha value is -0.260. The molecular weight excluding hydrogens is 288 g/mol. The molecule has 0 aliphatic heterocycles. The van der Waals surface area contributed by atoms with Crippen molar-refractivity contribution in [3.05, 3.63) is 11.6 Å². The van der Waals surface area contributed by atoms with Gasteiger partial charge in [-0.1, -0.05) is 52.7 Å². The molecule has 4 aliphatic rings. The maximum absolute atomic E-state index is 2.80. The van der Waals surface area contributed by atoms with Crippen molar-refractivity contribution in [1.29, 1.82) is 0 Å². The minimum Gasteiger partial charge on any atom is -0.0839 e. The van der Waals surface area contributed by atoms with Crippen LogP contribution < -0.4 is 0 Å². The molecule has 0 nitrogen and oxygen atoms in total. The van der Waals surface area contributed by atoms with Crippen LogP contribution in [0.2, 0.25) is 0 Å². The molecule has 0 N–H and O–H groups in total. The second-order valence-corrected chi connectivity index (χ2v) is 10.7. The molecule has 136 valence electrons. The van der Waals surface area contributed by atoms with Gasteiger partial charge in [0.2, 0.25) is 0 Å². The van der Waals surface area contributed by atoms with E-state index < -0.39 is 0 Å². The van der Waals surface area contributed by atoms with Crippen molar-refractivity contribution in [2.45, 2.75) is 92.4 Å². The maximum Gasteiger partial charge on any atom is -0.00851 e. The van der Waals surface area contributed by atoms with Gasteiger partial charge < -0.3 is 0 Å². The lowest BCUT2D eigenvalue weighted by Crippen LogP contribution is -2.48. The summed E-state index contributed by atoms with van der Waals surface area (Å²) in [5, 5.41) is 0.